The normalized spacial score (nSPS) is 18.0. The number of nitrogens with zero attached hydrogens (tertiary/aromatic N) is 1. The molecule has 2 aromatic carbocycles. The standard InChI is InChI=1S/C25H28ClFN4/c1-3-14-28-22-13-12-17(27)15-20(22)16(2)29-25-19-9-5-7-11-23(19)30-24(31-25)18-8-4-6-10-21(18)26/h4,6,8,10,12-13,15,24,28,30H,2-3,5,7,9,11,14H2,1H3,(H,29,31). The Bertz CT molecular complexity index is 1040. The number of hydrogen-bond donors (Lipinski definition) is 3. The quantitative estimate of drug-likeness (QED) is 0.489. The molecule has 6 heteroatoms. The van der Waals surface area contributed by atoms with Gasteiger partial charge in [-0.05, 0) is 56.4 Å². The highest BCUT2D eigenvalue weighted by atomic mass is 35.5. The van der Waals surface area contributed by atoms with Crippen molar-refractivity contribution >= 4 is 28.8 Å². The fourth-order valence-electron chi connectivity index (χ4n) is 4.07. The molecule has 1 aliphatic carbocycles. The van der Waals surface area contributed by atoms with Gasteiger partial charge in [0.05, 0.1) is 0 Å². The molecule has 0 radical (unpaired) electrons. The first kappa shape index (κ1) is 21.4. The molecule has 31 heavy (non-hydrogen) atoms. The third kappa shape index (κ3) is 4.77. The molecule has 1 aliphatic heterocycles. The molecule has 0 fully saturated rings. The lowest BCUT2D eigenvalue weighted by Gasteiger charge is -2.32. The summed E-state index contributed by atoms with van der Waals surface area (Å²) in [5, 5.41) is 11.0. The van der Waals surface area contributed by atoms with E-state index in [1.807, 2.05) is 24.3 Å². The molecule has 2 aromatic rings. The Labute approximate surface area is 188 Å². The number of rotatable bonds is 6. The minimum Gasteiger partial charge on any atom is -0.385 e. The van der Waals surface area contributed by atoms with Crippen LogP contribution in [0.25, 0.3) is 5.70 Å². The predicted octanol–water partition coefficient (Wildman–Crippen LogP) is 6.39. The number of aliphatic imine (C=N–C) groups is 1. The average Bonchev–Trinajstić information content (AvgIpc) is 2.78. The Balaban J connectivity index is 1.66. The van der Waals surface area contributed by atoms with E-state index in [4.69, 9.17) is 16.6 Å². The number of amidine groups is 1. The Hall–Kier alpha value is -2.79. The van der Waals surface area contributed by atoms with Crippen molar-refractivity contribution in [2.24, 2.45) is 4.99 Å². The molecule has 0 saturated carbocycles. The van der Waals surface area contributed by atoms with Crippen molar-refractivity contribution in [3.8, 4) is 0 Å². The summed E-state index contributed by atoms with van der Waals surface area (Å²) in [6.45, 7) is 7.12. The van der Waals surface area contributed by atoms with Gasteiger partial charge in [-0.2, -0.15) is 0 Å². The lowest BCUT2D eigenvalue weighted by molar-refractivity contribution is 0.543. The fourth-order valence-corrected chi connectivity index (χ4v) is 4.31. The van der Waals surface area contributed by atoms with Gasteiger partial charge in [-0.1, -0.05) is 43.3 Å². The van der Waals surface area contributed by atoms with Crippen LogP contribution in [0.5, 0.6) is 0 Å². The van der Waals surface area contributed by atoms with Crippen molar-refractivity contribution in [2.45, 2.75) is 45.2 Å². The second-order valence-electron chi connectivity index (χ2n) is 7.93. The summed E-state index contributed by atoms with van der Waals surface area (Å²) in [6, 6.07) is 12.5. The summed E-state index contributed by atoms with van der Waals surface area (Å²) in [6.07, 6.45) is 4.89. The molecule has 4 rings (SSSR count). The monoisotopic (exact) mass is 438 g/mol. The number of allylic oxidation sites excluding steroid dienone is 1. The fraction of sp³-hybridized carbons (Fsp3) is 0.320. The van der Waals surface area contributed by atoms with Crippen molar-refractivity contribution in [3.63, 3.8) is 0 Å². The summed E-state index contributed by atoms with van der Waals surface area (Å²) in [4.78, 5) is 4.95. The van der Waals surface area contributed by atoms with E-state index in [1.54, 1.807) is 6.07 Å². The van der Waals surface area contributed by atoms with Gasteiger partial charge in [0.15, 0.2) is 0 Å². The number of benzene rings is 2. The molecule has 1 atom stereocenters. The van der Waals surface area contributed by atoms with Crippen molar-refractivity contribution in [2.75, 3.05) is 11.9 Å². The van der Waals surface area contributed by atoms with E-state index >= 15 is 0 Å². The second-order valence-corrected chi connectivity index (χ2v) is 8.34. The predicted molar refractivity (Wildman–Crippen MR) is 128 cm³/mol. The van der Waals surface area contributed by atoms with Gasteiger partial charge in [0.1, 0.15) is 17.8 Å². The van der Waals surface area contributed by atoms with Gasteiger partial charge in [0, 0.05) is 45.3 Å². The van der Waals surface area contributed by atoms with Crippen LogP contribution in [0.1, 0.15) is 56.3 Å². The molecule has 1 heterocycles. The largest absolute Gasteiger partial charge is 0.385 e. The third-order valence-electron chi connectivity index (χ3n) is 5.66. The van der Waals surface area contributed by atoms with Crippen molar-refractivity contribution in [3.05, 3.63) is 82.3 Å². The molecule has 162 valence electrons. The van der Waals surface area contributed by atoms with Gasteiger partial charge < -0.3 is 16.0 Å². The van der Waals surface area contributed by atoms with Gasteiger partial charge in [0.25, 0.3) is 0 Å². The van der Waals surface area contributed by atoms with Crippen LogP contribution >= 0.6 is 11.6 Å². The molecule has 0 aromatic heterocycles. The van der Waals surface area contributed by atoms with E-state index in [9.17, 15) is 4.39 Å². The first-order valence-corrected chi connectivity index (χ1v) is 11.3. The zero-order chi connectivity index (χ0) is 21.8. The Kier molecular flexibility index (Phi) is 6.62. The molecular formula is C25H28ClFN4. The smallest absolute Gasteiger partial charge is 0.148 e. The van der Waals surface area contributed by atoms with Crippen LogP contribution in [0.3, 0.4) is 0 Å². The van der Waals surface area contributed by atoms with Gasteiger partial charge in [-0.15, -0.1) is 0 Å². The van der Waals surface area contributed by atoms with E-state index < -0.39 is 0 Å². The topological polar surface area (TPSA) is 48.5 Å². The molecular weight excluding hydrogens is 411 g/mol. The number of halogens is 2. The van der Waals surface area contributed by atoms with E-state index in [0.717, 1.165) is 55.7 Å². The highest BCUT2D eigenvalue weighted by molar-refractivity contribution is 6.31. The van der Waals surface area contributed by atoms with E-state index in [-0.39, 0.29) is 12.0 Å². The van der Waals surface area contributed by atoms with Crippen molar-refractivity contribution < 1.29 is 4.39 Å². The Morgan fingerprint density at radius 2 is 2.03 bits per heavy atom. The third-order valence-corrected chi connectivity index (χ3v) is 6.01. The van der Waals surface area contributed by atoms with Crippen molar-refractivity contribution in [1.29, 1.82) is 0 Å². The summed E-state index contributed by atoms with van der Waals surface area (Å²) >= 11 is 6.46. The molecule has 0 saturated heterocycles. The first-order chi connectivity index (χ1) is 15.1. The highest BCUT2D eigenvalue weighted by Gasteiger charge is 2.27. The molecule has 3 N–H and O–H groups in total. The van der Waals surface area contributed by atoms with E-state index in [0.29, 0.717) is 16.3 Å². The number of hydrogen-bond acceptors (Lipinski definition) is 4. The summed E-state index contributed by atoms with van der Waals surface area (Å²) in [5.41, 5.74) is 5.49. The maximum Gasteiger partial charge on any atom is 0.148 e. The van der Waals surface area contributed by atoms with Crippen LogP contribution in [0.15, 0.2) is 65.3 Å². The van der Waals surface area contributed by atoms with Gasteiger partial charge >= 0.3 is 0 Å². The highest BCUT2D eigenvalue weighted by Crippen LogP contribution is 2.34. The van der Waals surface area contributed by atoms with Crippen LogP contribution in [0.2, 0.25) is 5.02 Å². The molecule has 4 nitrogen and oxygen atoms in total. The van der Waals surface area contributed by atoms with E-state index in [1.165, 1.54) is 23.4 Å². The summed E-state index contributed by atoms with van der Waals surface area (Å²) < 4.78 is 14.0. The minimum atomic E-state index is -0.293. The van der Waals surface area contributed by atoms with Crippen LogP contribution in [0.4, 0.5) is 10.1 Å². The molecule has 0 amide bonds. The Morgan fingerprint density at radius 3 is 2.84 bits per heavy atom. The second kappa shape index (κ2) is 9.56. The summed E-state index contributed by atoms with van der Waals surface area (Å²) in [7, 11) is 0. The maximum absolute atomic E-state index is 14.0. The van der Waals surface area contributed by atoms with Gasteiger partial charge in [-0.25, -0.2) is 9.38 Å². The maximum atomic E-state index is 14.0. The van der Waals surface area contributed by atoms with Gasteiger partial charge in [-0.3, -0.25) is 0 Å². The van der Waals surface area contributed by atoms with Crippen LogP contribution in [-0.2, 0) is 0 Å². The zero-order valence-electron chi connectivity index (χ0n) is 17.8. The molecule has 0 spiro atoms. The SMILES string of the molecule is C=C(NC1=NC(c2ccccc2Cl)NC2=C1CCCC2)c1cc(F)ccc1NCCC. The van der Waals surface area contributed by atoms with Crippen LogP contribution in [-0.4, -0.2) is 12.4 Å². The molecule has 0 bridgehead atoms. The van der Waals surface area contributed by atoms with Crippen LogP contribution in [0, 0.1) is 5.82 Å². The molecule has 2 aliphatic rings. The van der Waals surface area contributed by atoms with E-state index in [2.05, 4.69) is 29.5 Å². The summed E-state index contributed by atoms with van der Waals surface area (Å²) in [5.74, 6) is 0.493. The number of nitrogens with one attached hydrogen (secondary N) is 3. The number of anilines is 1. The minimum absolute atomic E-state index is 0.272. The average molecular weight is 439 g/mol. The zero-order valence-corrected chi connectivity index (χ0v) is 18.5. The van der Waals surface area contributed by atoms with Crippen molar-refractivity contribution in [1.82, 2.24) is 10.6 Å². The molecule has 1 unspecified atom stereocenters. The lowest BCUT2D eigenvalue weighted by atomic mass is 9.93. The van der Waals surface area contributed by atoms with Gasteiger partial charge in [0.2, 0.25) is 0 Å². The Morgan fingerprint density at radius 1 is 1.23 bits per heavy atom. The lowest BCUT2D eigenvalue weighted by Crippen LogP contribution is -2.36. The van der Waals surface area contributed by atoms with Crippen LogP contribution < -0.4 is 16.0 Å². The first-order valence-electron chi connectivity index (χ1n) is 10.9.